The Hall–Kier alpha value is -1.24. The van der Waals surface area contributed by atoms with Gasteiger partial charge in [-0.2, -0.15) is 5.10 Å². The fourth-order valence-electron chi connectivity index (χ4n) is 3.22. The highest BCUT2D eigenvalue weighted by molar-refractivity contribution is 7.09. The predicted molar refractivity (Wildman–Crippen MR) is 92.7 cm³/mol. The lowest BCUT2D eigenvalue weighted by Crippen LogP contribution is -2.34. The zero-order valence-corrected chi connectivity index (χ0v) is 15.0. The van der Waals surface area contributed by atoms with Crippen LogP contribution in [0, 0.1) is 6.92 Å². The molecule has 23 heavy (non-hydrogen) atoms. The minimum atomic E-state index is 0.0971. The Morgan fingerprint density at radius 3 is 3.13 bits per heavy atom. The SMILES string of the molecule is CCO[C@@H](C)c1nc(CN2CCC[C@H](c3cc(C)[nH]n3)C2)cs1. The summed E-state index contributed by atoms with van der Waals surface area (Å²) in [6, 6.07) is 2.18. The van der Waals surface area contributed by atoms with Crippen LogP contribution in [0.2, 0.25) is 0 Å². The predicted octanol–water partition coefficient (Wildman–Crippen LogP) is 3.65. The number of aryl methyl sites for hydroxylation is 1. The molecule has 3 heterocycles. The summed E-state index contributed by atoms with van der Waals surface area (Å²) in [6.45, 7) is 10.0. The largest absolute Gasteiger partial charge is 0.372 e. The summed E-state index contributed by atoms with van der Waals surface area (Å²) < 4.78 is 5.63. The van der Waals surface area contributed by atoms with Gasteiger partial charge in [0, 0.05) is 36.7 Å². The van der Waals surface area contributed by atoms with Crippen LogP contribution in [0.15, 0.2) is 11.4 Å². The molecular formula is C17H26N4OS. The summed E-state index contributed by atoms with van der Waals surface area (Å²) in [4.78, 5) is 7.26. The second-order valence-electron chi connectivity index (χ2n) is 6.32. The highest BCUT2D eigenvalue weighted by atomic mass is 32.1. The molecule has 0 unspecified atom stereocenters. The van der Waals surface area contributed by atoms with Gasteiger partial charge in [-0.15, -0.1) is 11.3 Å². The molecule has 1 saturated heterocycles. The molecule has 3 rings (SSSR count). The number of thiazole rings is 1. The zero-order valence-electron chi connectivity index (χ0n) is 14.2. The van der Waals surface area contributed by atoms with Crippen molar-refractivity contribution in [2.45, 2.75) is 52.2 Å². The summed E-state index contributed by atoms with van der Waals surface area (Å²) in [5.41, 5.74) is 3.51. The maximum Gasteiger partial charge on any atom is 0.122 e. The molecule has 5 nitrogen and oxygen atoms in total. The van der Waals surface area contributed by atoms with Gasteiger partial charge in [0.05, 0.1) is 11.4 Å². The first-order valence-electron chi connectivity index (χ1n) is 8.46. The molecule has 1 aliphatic rings. The van der Waals surface area contributed by atoms with E-state index in [1.54, 1.807) is 11.3 Å². The van der Waals surface area contributed by atoms with E-state index in [2.05, 4.69) is 40.4 Å². The number of nitrogens with zero attached hydrogens (tertiary/aromatic N) is 3. The molecule has 0 aliphatic carbocycles. The standard InChI is InChI=1S/C17H26N4OS/c1-4-22-13(3)17-18-15(11-23-17)10-21-7-5-6-14(9-21)16-8-12(2)19-20-16/h8,11,13-14H,4-7,9-10H2,1-3H3,(H,19,20)/t13-,14-/m0/s1. The average molecular weight is 334 g/mol. The van der Waals surface area contributed by atoms with E-state index >= 15 is 0 Å². The molecule has 0 bridgehead atoms. The number of aromatic amines is 1. The molecule has 1 fully saturated rings. The van der Waals surface area contributed by atoms with Crippen LogP contribution in [0.3, 0.4) is 0 Å². The number of piperidine rings is 1. The second-order valence-corrected chi connectivity index (χ2v) is 7.21. The van der Waals surface area contributed by atoms with E-state index in [9.17, 15) is 0 Å². The fraction of sp³-hybridized carbons (Fsp3) is 0.647. The third kappa shape index (κ3) is 4.19. The van der Waals surface area contributed by atoms with Crippen molar-refractivity contribution in [2.75, 3.05) is 19.7 Å². The van der Waals surface area contributed by atoms with Gasteiger partial charge in [-0.1, -0.05) is 0 Å². The third-order valence-corrected chi connectivity index (χ3v) is 5.42. The molecule has 0 radical (unpaired) electrons. The number of hydrogen-bond acceptors (Lipinski definition) is 5. The van der Waals surface area contributed by atoms with Crippen molar-refractivity contribution < 1.29 is 4.74 Å². The Morgan fingerprint density at radius 2 is 2.39 bits per heavy atom. The third-order valence-electron chi connectivity index (χ3n) is 4.37. The van der Waals surface area contributed by atoms with Gasteiger partial charge in [0.2, 0.25) is 0 Å². The molecule has 126 valence electrons. The lowest BCUT2D eigenvalue weighted by atomic mass is 9.94. The van der Waals surface area contributed by atoms with Crippen LogP contribution in [0.4, 0.5) is 0 Å². The molecular weight excluding hydrogens is 308 g/mol. The molecule has 0 saturated carbocycles. The van der Waals surface area contributed by atoms with E-state index in [0.29, 0.717) is 5.92 Å². The molecule has 1 aliphatic heterocycles. The molecule has 0 spiro atoms. The van der Waals surface area contributed by atoms with Crippen molar-refractivity contribution in [3.63, 3.8) is 0 Å². The minimum absolute atomic E-state index is 0.0971. The van der Waals surface area contributed by atoms with Crippen molar-refractivity contribution in [3.05, 3.63) is 33.5 Å². The summed E-state index contributed by atoms with van der Waals surface area (Å²) in [5, 5.41) is 10.8. The summed E-state index contributed by atoms with van der Waals surface area (Å²) in [6.07, 6.45) is 2.55. The molecule has 6 heteroatoms. The Morgan fingerprint density at radius 1 is 1.52 bits per heavy atom. The number of rotatable bonds is 6. The number of likely N-dealkylation sites (tertiary alicyclic amines) is 1. The first kappa shape index (κ1) is 16.6. The summed E-state index contributed by atoms with van der Waals surface area (Å²) in [7, 11) is 0. The normalized spacial score (nSPS) is 20.7. The Bertz CT molecular complexity index is 624. The lowest BCUT2D eigenvalue weighted by molar-refractivity contribution is 0.0759. The highest BCUT2D eigenvalue weighted by Gasteiger charge is 2.24. The lowest BCUT2D eigenvalue weighted by Gasteiger charge is -2.31. The Labute approximate surface area is 142 Å². The Kier molecular flexibility index (Phi) is 5.46. The minimum Gasteiger partial charge on any atom is -0.372 e. The van der Waals surface area contributed by atoms with Gasteiger partial charge in [0.15, 0.2) is 0 Å². The molecule has 0 aromatic carbocycles. The van der Waals surface area contributed by atoms with E-state index in [1.807, 2.05) is 6.92 Å². The van der Waals surface area contributed by atoms with Gasteiger partial charge in [0.25, 0.3) is 0 Å². The van der Waals surface area contributed by atoms with E-state index in [-0.39, 0.29) is 6.10 Å². The number of hydrogen-bond donors (Lipinski definition) is 1. The number of aromatic nitrogens is 3. The molecule has 2 atom stereocenters. The number of ether oxygens (including phenoxy) is 1. The van der Waals surface area contributed by atoms with Crippen LogP contribution in [-0.4, -0.2) is 39.8 Å². The fourth-order valence-corrected chi connectivity index (χ4v) is 4.03. The highest BCUT2D eigenvalue weighted by Crippen LogP contribution is 2.28. The van der Waals surface area contributed by atoms with Gasteiger partial charge in [0.1, 0.15) is 11.1 Å². The van der Waals surface area contributed by atoms with E-state index in [1.165, 1.54) is 18.5 Å². The van der Waals surface area contributed by atoms with Crippen molar-refractivity contribution in [1.29, 1.82) is 0 Å². The van der Waals surface area contributed by atoms with Crippen LogP contribution in [-0.2, 0) is 11.3 Å². The van der Waals surface area contributed by atoms with E-state index < -0.39 is 0 Å². The van der Waals surface area contributed by atoms with Gasteiger partial charge in [-0.25, -0.2) is 4.98 Å². The molecule has 2 aromatic heterocycles. The van der Waals surface area contributed by atoms with Crippen molar-refractivity contribution in [2.24, 2.45) is 0 Å². The van der Waals surface area contributed by atoms with Gasteiger partial charge < -0.3 is 4.74 Å². The van der Waals surface area contributed by atoms with Gasteiger partial charge in [-0.05, 0) is 46.2 Å². The average Bonchev–Trinajstić information content (AvgIpc) is 3.17. The molecule has 2 aromatic rings. The van der Waals surface area contributed by atoms with E-state index in [0.717, 1.165) is 42.6 Å². The zero-order chi connectivity index (χ0) is 16.2. The number of nitrogens with one attached hydrogen (secondary N) is 1. The first-order valence-corrected chi connectivity index (χ1v) is 9.33. The summed E-state index contributed by atoms with van der Waals surface area (Å²) >= 11 is 1.71. The van der Waals surface area contributed by atoms with Gasteiger partial charge in [-0.3, -0.25) is 10.00 Å². The molecule has 0 amide bonds. The van der Waals surface area contributed by atoms with Crippen molar-refractivity contribution >= 4 is 11.3 Å². The Balaban J connectivity index is 1.59. The van der Waals surface area contributed by atoms with Crippen LogP contribution >= 0.6 is 11.3 Å². The second kappa shape index (κ2) is 7.55. The quantitative estimate of drug-likeness (QED) is 0.876. The number of H-pyrrole nitrogens is 1. The monoisotopic (exact) mass is 334 g/mol. The van der Waals surface area contributed by atoms with Crippen LogP contribution in [0.25, 0.3) is 0 Å². The maximum atomic E-state index is 5.63. The van der Waals surface area contributed by atoms with Crippen LogP contribution < -0.4 is 0 Å². The van der Waals surface area contributed by atoms with Crippen molar-refractivity contribution in [3.8, 4) is 0 Å². The topological polar surface area (TPSA) is 54.0 Å². The smallest absolute Gasteiger partial charge is 0.122 e. The summed E-state index contributed by atoms with van der Waals surface area (Å²) in [5.74, 6) is 0.536. The van der Waals surface area contributed by atoms with Crippen LogP contribution in [0.5, 0.6) is 0 Å². The molecule has 1 N–H and O–H groups in total. The van der Waals surface area contributed by atoms with Gasteiger partial charge >= 0.3 is 0 Å². The first-order chi connectivity index (χ1) is 11.2. The van der Waals surface area contributed by atoms with Crippen molar-refractivity contribution in [1.82, 2.24) is 20.1 Å². The van der Waals surface area contributed by atoms with E-state index in [4.69, 9.17) is 9.72 Å². The maximum absolute atomic E-state index is 5.63. The van der Waals surface area contributed by atoms with Crippen LogP contribution in [0.1, 0.15) is 60.8 Å².